The van der Waals surface area contributed by atoms with Crippen LogP contribution in [0.25, 0.3) is 10.6 Å². The van der Waals surface area contributed by atoms with Gasteiger partial charge in [0.15, 0.2) is 0 Å². The van der Waals surface area contributed by atoms with E-state index in [0.29, 0.717) is 5.15 Å². The summed E-state index contributed by atoms with van der Waals surface area (Å²) >= 11 is 7.31. The van der Waals surface area contributed by atoms with Gasteiger partial charge in [0.25, 0.3) is 0 Å². The maximum Gasteiger partial charge on any atom is 0.124 e. The second-order valence-electron chi connectivity index (χ2n) is 2.08. The molecule has 2 nitrogen and oxygen atoms in total. The number of thiophene rings is 1. The van der Waals surface area contributed by atoms with Crippen molar-refractivity contribution in [3.8, 4) is 10.6 Å². The molecule has 0 aliphatic rings. The van der Waals surface area contributed by atoms with Crippen molar-refractivity contribution in [2.24, 2.45) is 0 Å². The van der Waals surface area contributed by atoms with Crippen molar-refractivity contribution in [3.63, 3.8) is 0 Å². The molecule has 0 atom stereocenters. The third-order valence-electron chi connectivity index (χ3n) is 1.32. The molecule has 2 aromatic heterocycles. The molecule has 0 aliphatic carbocycles. The molecule has 0 unspecified atom stereocenters. The van der Waals surface area contributed by atoms with Gasteiger partial charge in [-0.3, -0.25) is 5.10 Å². The molecule has 4 heteroatoms. The van der Waals surface area contributed by atoms with E-state index < -0.39 is 0 Å². The Morgan fingerprint density at radius 1 is 1.55 bits per heavy atom. The van der Waals surface area contributed by atoms with Crippen LogP contribution in [-0.4, -0.2) is 10.2 Å². The normalized spacial score (nSPS) is 10.3. The van der Waals surface area contributed by atoms with Gasteiger partial charge in [0.2, 0.25) is 0 Å². The molecule has 2 rings (SSSR count). The summed E-state index contributed by atoms with van der Waals surface area (Å²) in [7, 11) is 0. The first-order chi connectivity index (χ1) is 5.36. The Hall–Kier alpha value is -0.800. The summed E-state index contributed by atoms with van der Waals surface area (Å²) in [4.78, 5) is 1.13. The van der Waals surface area contributed by atoms with Crippen LogP contribution in [0.2, 0.25) is 5.15 Å². The Kier molecular flexibility index (Phi) is 1.68. The smallest absolute Gasteiger partial charge is 0.124 e. The van der Waals surface area contributed by atoms with Crippen molar-refractivity contribution in [3.05, 3.63) is 28.7 Å². The summed E-state index contributed by atoms with van der Waals surface area (Å²) in [6.07, 6.45) is 0. The van der Waals surface area contributed by atoms with Crippen LogP contribution in [0.4, 0.5) is 0 Å². The van der Waals surface area contributed by atoms with Crippen molar-refractivity contribution in [1.82, 2.24) is 10.2 Å². The van der Waals surface area contributed by atoms with Gasteiger partial charge < -0.3 is 0 Å². The predicted molar refractivity (Wildman–Crippen MR) is 46.9 cm³/mol. The van der Waals surface area contributed by atoms with Gasteiger partial charge in [-0.05, 0) is 11.4 Å². The molecule has 0 bridgehead atoms. The van der Waals surface area contributed by atoms with Crippen molar-refractivity contribution in [2.75, 3.05) is 0 Å². The highest BCUT2D eigenvalue weighted by atomic mass is 35.5. The summed E-state index contributed by atoms with van der Waals surface area (Å²) < 4.78 is 0. The highest BCUT2D eigenvalue weighted by Gasteiger charge is 2.01. The van der Waals surface area contributed by atoms with E-state index in [-0.39, 0.29) is 0 Å². The highest BCUT2D eigenvalue weighted by molar-refractivity contribution is 7.13. The molecule has 56 valence electrons. The van der Waals surface area contributed by atoms with E-state index in [2.05, 4.69) is 10.2 Å². The maximum absolute atomic E-state index is 5.66. The van der Waals surface area contributed by atoms with Crippen LogP contribution >= 0.6 is 22.9 Å². The van der Waals surface area contributed by atoms with Crippen LogP contribution in [0.15, 0.2) is 23.6 Å². The zero-order valence-corrected chi connectivity index (χ0v) is 7.12. The molecule has 2 aromatic rings. The Morgan fingerprint density at radius 2 is 2.45 bits per heavy atom. The fourth-order valence-electron chi connectivity index (χ4n) is 0.849. The fraction of sp³-hybridized carbons (Fsp3) is 0. The number of aromatic nitrogens is 2. The van der Waals surface area contributed by atoms with Crippen molar-refractivity contribution < 1.29 is 0 Å². The minimum atomic E-state index is 0.577. The molecule has 0 fully saturated rings. The Bertz CT molecular complexity index is 339. The van der Waals surface area contributed by atoms with Crippen molar-refractivity contribution >= 4 is 22.9 Å². The Labute approximate surface area is 72.8 Å². The van der Waals surface area contributed by atoms with Gasteiger partial charge in [0.1, 0.15) is 10.8 Å². The lowest BCUT2D eigenvalue weighted by Crippen LogP contribution is -1.69. The number of nitrogens with zero attached hydrogens (tertiary/aromatic N) is 1. The number of hydrogen-bond acceptors (Lipinski definition) is 2. The minimum Gasteiger partial charge on any atom is -0.267 e. The van der Waals surface area contributed by atoms with Gasteiger partial charge in [-0.2, -0.15) is 5.10 Å². The standard InChI is InChI=1S/C7H5ClN2S/c8-7-4-5(9-10-7)6-2-1-3-11-6/h1-4H,(H,9,10). The van der Waals surface area contributed by atoms with Crippen LogP contribution in [0.3, 0.4) is 0 Å². The molecular weight excluding hydrogens is 180 g/mol. The summed E-state index contributed by atoms with van der Waals surface area (Å²) in [5, 5.41) is 9.28. The topological polar surface area (TPSA) is 28.7 Å². The SMILES string of the molecule is Clc1cc(-c2cccs2)n[nH]1. The molecule has 0 aromatic carbocycles. The predicted octanol–water partition coefficient (Wildman–Crippen LogP) is 2.79. The van der Waals surface area contributed by atoms with Gasteiger partial charge >= 0.3 is 0 Å². The second kappa shape index (κ2) is 2.68. The third-order valence-corrected chi connectivity index (χ3v) is 2.41. The first-order valence-corrected chi connectivity index (χ1v) is 4.37. The minimum absolute atomic E-state index is 0.577. The fourth-order valence-corrected chi connectivity index (χ4v) is 1.68. The number of H-pyrrole nitrogens is 1. The summed E-state index contributed by atoms with van der Waals surface area (Å²) in [6, 6.07) is 5.81. The van der Waals surface area contributed by atoms with Crippen LogP contribution in [0, 0.1) is 0 Å². The molecule has 0 spiro atoms. The molecule has 1 N–H and O–H groups in total. The van der Waals surface area contributed by atoms with E-state index in [1.165, 1.54) is 0 Å². The van der Waals surface area contributed by atoms with Crippen molar-refractivity contribution in [2.45, 2.75) is 0 Å². The summed E-state index contributed by atoms with van der Waals surface area (Å²) in [6.45, 7) is 0. The molecule has 0 radical (unpaired) electrons. The summed E-state index contributed by atoms with van der Waals surface area (Å²) in [5.74, 6) is 0. The Balaban J connectivity index is 2.45. The first kappa shape index (κ1) is 6.88. The van der Waals surface area contributed by atoms with Gasteiger partial charge in [-0.1, -0.05) is 17.7 Å². The average molecular weight is 185 g/mol. The molecule has 0 saturated heterocycles. The van der Waals surface area contributed by atoms with Crippen LogP contribution < -0.4 is 0 Å². The summed E-state index contributed by atoms with van der Waals surface area (Å²) in [5.41, 5.74) is 0.907. The number of aromatic amines is 1. The zero-order chi connectivity index (χ0) is 7.68. The molecule has 0 amide bonds. The van der Waals surface area contributed by atoms with Gasteiger partial charge in [-0.25, -0.2) is 0 Å². The van der Waals surface area contributed by atoms with E-state index in [9.17, 15) is 0 Å². The first-order valence-electron chi connectivity index (χ1n) is 3.11. The Morgan fingerprint density at radius 3 is 3.00 bits per heavy atom. The van der Waals surface area contributed by atoms with Gasteiger partial charge in [-0.15, -0.1) is 11.3 Å². The van der Waals surface area contributed by atoms with E-state index in [1.807, 2.05) is 23.6 Å². The largest absolute Gasteiger partial charge is 0.267 e. The number of halogens is 1. The lowest BCUT2D eigenvalue weighted by molar-refractivity contribution is 1.10. The van der Waals surface area contributed by atoms with E-state index in [1.54, 1.807) is 11.3 Å². The second-order valence-corrected chi connectivity index (χ2v) is 3.43. The quantitative estimate of drug-likeness (QED) is 0.726. The van der Waals surface area contributed by atoms with Crippen LogP contribution in [0.5, 0.6) is 0 Å². The molecule has 2 heterocycles. The monoisotopic (exact) mass is 184 g/mol. The lowest BCUT2D eigenvalue weighted by Gasteiger charge is -1.83. The molecule has 0 aliphatic heterocycles. The number of hydrogen-bond donors (Lipinski definition) is 1. The van der Waals surface area contributed by atoms with Gasteiger partial charge in [0.05, 0.1) is 4.88 Å². The van der Waals surface area contributed by atoms with Crippen molar-refractivity contribution in [1.29, 1.82) is 0 Å². The van der Waals surface area contributed by atoms with E-state index >= 15 is 0 Å². The number of nitrogens with one attached hydrogen (secondary N) is 1. The number of rotatable bonds is 1. The third kappa shape index (κ3) is 1.29. The highest BCUT2D eigenvalue weighted by Crippen LogP contribution is 2.23. The van der Waals surface area contributed by atoms with E-state index in [0.717, 1.165) is 10.6 Å². The zero-order valence-electron chi connectivity index (χ0n) is 5.54. The molecular formula is C7H5ClN2S. The van der Waals surface area contributed by atoms with Gasteiger partial charge in [0, 0.05) is 6.07 Å². The molecule has 11 heavy (non-hydrogen) atoms. The van der Waals surface area contributed by atoms with E-state index in [4.69, 9.17) is 11.6 Å². The van der Waals surface area contributed by atoms with Crippen LogP contribution in [0.1, 0.15) is 0 Å². The average Bonchev–Trinajstić information content (AvgIpc) is 2.55. The lowest BCUT2D eigenvalue weighted by atomic mass is 10.3. The maximum atomic E-state index is 5.66. The molecule has 0 saturated carbocycles. The van der Waals surface area contributed by atoms with Crippen LogP contribution in [-0.2, 0) is 0 Å².